The van der Waals surface area contributed by atoms with Crippen molar-refractivity contribution in [1.29, 1.82) is 0 Å². The topological polar surface area (TPSA) is 186 Å². The van der Waals surface area contributed by atoms with E-state index in [-0.39, 0.29) is 22.3 Å². The summed E-state index contributed by atoms with van der Waals surface area (Å²) in [6.45, 7) is 3.42. The number of Topliss-reactive ketones (excluding diaryl/α,β-unsaturated/α-hetero) is 1. The van der Waals surface area contributed by atoms with Crippen molar-refractivity contribution in [2.24, 2.45) is 0 Å². The molecule has 2 aromatic rings. The van der Waals surface area contributed by atoms with Crippen LogP contribution < -0.4 is 5.32 Å². The van der Waals surface area contributed by atoms with Crippen molar-refractivity contribution >= 4 is 29.2 Å². The summed E-state index contributed by atoms with van der Waals surface area (Å²) < 4.78 is 56.2. The molecule has 1 fully saturated rings. The highest BCUT2D eigenvalue weighted by molar-refractivity contribution is 6.30. The number of carbonyl (C=O) groups excluding carboxylic acids is 5. The number of amides is 1. The SMILES string of the molecule is CC(=O)O[C@H]1[C@@H](NC(=O)C(F)(F)F)C[C@H](O[C@H]2C[C@](O)(C(C)=O)Cc3c(O)c4c(c(O)c32)C(=O)c2ccccc2C4=O)O[C@H]1C. The van der Waals surface area contributed by atoms with Gasteiger partial charge < -0.3 is 34.8 Å². The van der Waals surface area contributed by atoms with Gasteiger partial charge in [-0.2, -0.15) is 13.2 Å². The zero-order valence-electron chi connectivity index (χ0n) is 24.1. The molecule has 12 nitrogen and oxygen atoms in total. The van der Waals surface area contributed by atoms with E-state index < -0.39 is 114 Å². The number of rotatable bonds is 5. The first-order valence-electron chi connectivity index (χ1n) is 13.8. The second-order valence-corrected chi connectivity index (χ2v) is 11.3. The van der Waals surface area contributed by atoms with Gasteiger partial charge in [-0.3, -0.25) is 24.0 Å². The van der Waals surface area contributed by atoms with Crippen LogP contribution in [0.4, 0.5) is 13.2 Å². The van der Waals surface area contributed by atoms with Crippen LogP contribution in [-0.2, 0) is 35.0 Å². The van der Waals surface area contributed by atoms with E-state index in [9.17, 15) is 52.5 Å². The van der Waals surface area contributed by atoms with Crippen LogP contribution in [0.1, 0.15) is 82.7 Å². The van der Waals surface area contributed by atoms with Crippen LogP contribution in [0, 0.1) is 0 Å². The average molecular weight is 636 g/mol. The number of aromatic hydroxyl groups is 2. The molecule has 45 heavy (non-hydrogen) atoms. The summed E-state index contributed by atoms with van der Waals surface area (Å²) in [6, 6.07) is 4.26. The summed E-state index contributed by atoms with van der Waals surface area (Å²) in [4.78, 5) is 62.9. The van der Waals surface area contributed by atoms with E-state index in [4.69, 9.17) is 14.2 Å². The van der Waals surface area contributed by atoms with Crippen molar-refractivity contribution < 1.29 is 66.7 Å². The Balaban J connectivity index is 1.57. The fraction of sp³-hybridized carbons (Fsp3) is 0.433. The molecule has 240 valence electrons. The Morgan fingerprint density at radius 1 is 1.02 bits per heavy atom. The van der Waals surface area contributed by atoms with E-state index in [0.717, 1.165) is 13.8 Å². The van der Waals surface area contributed by atoms with Gasteiger partial charge in [0.2, 0.25) is 0 Å². The van der Waals surface area contributed by atoms with Gasteiger partial charge in [-0.25, -0.2) is 0 Å². The van der Waals surface area contributed by atoms with E-state index in [1.54, 1.807) is 5.32 Å². The highest BCUT2D eigenvalue weighted by Gasteiger charge is 2.50. The fourth-order valence-electron chi connectivity index (χ4n) is 6.14. The molecule has 0 aromatic heterocycles. The van der Waals surface area contributed by atoms with Crippen LogP contribution in [0.15, 0.2) is 24.3 Å². The minimum absolute atomic E-state index is 0.0334. The number of nitrogens with one attached hydrogen (secondary N) is 1. The fourth-order valence-corrected chi connectivity index (χ4v) is 6.14. The van der Waals surface area contributed by atoms with E-state index in [1.807, 2.05) is 0 Å². The van der Waals surface area contributed by atoms with Crippen LogP contribution >= 0.6 is 0 Å². The number of carbonyl (C=O) groups is 5. The maximum Gasteiger partial charge on any atom is 0.471 e. The van der Waals surface area contributed by atoms with Crippen LogP contribution in [-0.4, -0.2) is 80.9 Å². The zero-order chi connectivity index (χ0) is 33.2. The molecule has 0 radical (unpaired) electrons. The Morgan fingerprint density at radius 2 is 1.60 bits per heavy atom. The van der Waals surface area contributed by atoms with Gasteiger partial charge in [0.25, 0.3) is 0 Å². The third-order valence-electron chi connectivity index (χ3n) is 8.29. The van der Waals surface area contributed by atoms with Crippen molar-refractivity contribution in [3.63, 3.8) is 0 Å². The first-order valence-corrected chi connectivity index (χ1v) is 13.8. The lowest BCUT2D eigenvalue weighted by molar-refractivity contribution is -0.254. The van der Waals surface area contributed by atoms with Crippen LogP contribution in [0.3, 0.4) is 0 Å². The Morgan fingerprint density at radius 3 is 2.13 bits per heavy atom. The average Bonchev–Trinajstić information content (AvgIpc) is 2.94. The molecule has 0 bridgehead atoms. The van der Waals surface area contributed by atoms with Crippen LogP contribution in [0.2, 0.25) is 0 Å². The third kappa shape index (κ3) is 5.55. The van der Waals surface area contributed by atoms with Gasteiger partial charge in [-0.05, 0) is 13.8 Å². The standard InChI is InChI=1S/C30H28F3NO11/c1-11-27(44-13(3)36)17(34-28(41)30(31,32)33)8-19(43-11)45-18-10-29(42,12(2)35)9-16-20(18)26(40)22-21(25(16)39)23(37)14-6-4-5-7-15(14)24(22)38/h4-7,11,17-19,27,39-40,42H,8-10H2,1-3H3,(H,34,41)/t11-,17-,18-,19-,27+,29-/m0/s1. The maximum atomic E-state index is 13.5. The second kappa shape index (κ2) is 11.2. The monoisotopic (exact) mass is 635 g/mol. The smallest absolute Gasteiger partial charge is 0.471 e. The maximum absolute atomic E-state index is 13.5. The lowest BCUT2D eigenvalue weighted by atomic mass is 9.72. The molecule has 2 aliphatic carbocycles. The molecule has 4 N–H and O–H groups in total. The van der Waals surface area contributed by atoms with Crippen molar-refractivity contribution in [3.05, 3.63) is 57.6 Å². The van der Waals surface area contributed by atoms with Gasteiger partial charge >= 0.3 is 18.1 Å². The number of phenols is 2. The van der Waals surface area contributed by atoms with E-state index >= 15 is 0 Å². The lowest BCUT2D eigenvalue weighted by Crippen LogP contribution is -2.58. The van der Waals surface area contributed by atoms with Crippen molar-refractivity contribution in [2.45, 2.75) is 82.5 Å². The summed E-state index contributed by atoms with van der Waals surface area (Å²) in [7, 11) is 0. The molecular weight excluding hydrogens is 607 g/mol. The predicted molar refractivity (Wildman–Crippen MR) is 143 cm³/mol. The molecule has 6 atom stereocenters. The Bertz CT molecular complexity index is 1640. The second-order valence-electron chi connectivity index (χ2n) is 11.3. The van der Waals surface area contributed by atoms with Gasteiger partial charge in [0.05, 0.1) is 29.4 Å². The summed E-state index contributed by atoms with van der Waals surface area (Å²) >= 11 is 0. The molecule has 3 aliphatic rings. The molecule has 0 saturated carbocycles. The molecule has 15 heteroatoms. The molecule has 5 rings (SSSR count). The first-order chi connectivity index (χ1) is 20.9. The summed E-state index contributed by atoms with van der Waals surface area (Å²) in [6.07, 6.45) is -12.5. The molecule has 1 aliphatic heterocycles. The molecule has 0 spiro atoms. The number of ketones is 3. The van der Waals surface area contributed by atoms with Crippen LogP contribution in [0.5, 0.6) is 11.5 Å². The summed E-state index contributed by atoms with van der Waals surface area (Å²) in [5.41, 5.74) is -3.84. The number of esters is 1. The molecule has 1 heterocycles. The molecular formula is C30H28F3NO11. The van der Waals surface area contributed by atoms with Gasteiger partial charge in [0, 0.05) is 48.4 Å². The van der Waals surface area contributed by atoms with Crippen molar-refractivity contribution in [1.82, 2.24) is 5.32 Å². The van der Waals surface area contributed by atoms with Gasteiger partial charge in [-0.15, -0.1) is 0 Å². The number of hydrogen-bond acceptors (Lipinski definition) is 11. The normalized spacial score (nSPS) is 27.6. The van der Waals surface area contributed by atoms with Crippen LogP contribution in [0.25, 0.3) is 0 Å². The number of aliphatic hydroxyl groups is 1. The van der Waals surface area contributed by atoms with Gasteiger partial charge in [0.15, 0.2) is 23.6 Å². The minimum atomic E-state index is -5.27. The lowest BCUT2D eigenvalue weighted by Gasteiger charge is -2.43. The molecule has 2 aromatic carbocycles. The Labute approximate surface area is 253 Å². The third-order valence-corrected chi connectivity index (χ3v) is 8.29. The summed E-state index contributed by atoms with van der Waals surface area (Å²) in [5, 5.41) is 35.9. The number of alkyl halides is 3. The number of ether oxygens (including phenoxy) is 3. The number of fused-ring (bicyclic) bond motifs is 3. The number of hydrogen-bond donors (Lipinski definition) is 4. The largest absolute Gasteiger partial charge is 0.507 e. The zero-order valence-corrected chi connectivity index (χ0v) is 24.1. The van der Waals surface area contributed by atoms with Gasteiger partial charge in [-0.1, -0.05) is 24.3 Å². The van der Waals surface area contributed by atoms with Crippen molar-refractivity contribution in [2.75, 3.05) is 0 Å². The number of benzene rings is 2. The Kier molecular flexibility index (Phi) is 8.00. The molecule has 0 unspecified atom stereocenters. The number of phenolic OH excluding ortho intramolecular Hbond substituents is 2. The van der Waals surface area contributed by atoms with E-state index in [2.05, 4.69) is 0 Å². The highest BCUT2D eigenvalue weighted by atomic mass is 19.4. The number of halogens is 3. The molecule has 1 saturated heterocycles. The quantitative estimate of drug-likeness (QED) is 0.238. The Hall–Kier alpha value is -4.34. The van der Waals surface area contributed by atoms with Crippen molar-refractivity contribution in [3.8, 4) is 11.5 Å². The predicted octanol–water partition coefficient (Wildman–Crippen LogP) is 2.31. The molecule has 1 amide bonds. The summed E-state index contributed by atoms with van der Waals surface area (Å²) in [5.74, 6) is -7.04. The highest BCUT2D eigenvalue weighted by Crippen LogP contribution is 2.52. The minimum Gasteiger partial charge on any atom is -0.507 e. The van der Waals surface area contributed by atoms with E-state index in [1.165, 1.54) is 31.2 Å². The van der Waals surface area contributed by atoms with E-state index in [0.29, 0.717) is 0 Å². The van der Waals surface area contributed by atoms with Gasteiger partial charge in [0.1, 0.15) is 23.2 Å². The first kappa shape index (κ1) is 32.1.